The Hall–Kier alpha value is -3.54. The first-order valence-electron chi connectivity index (χ1n) is 10.5. The van der Waals surface area contributed by atoms with Crippen molar-refractivity contribution < 1.29 is 9.13 Å². The van der Waals surface area contributed by atoms with Gasteiger partial charge in [0.05, 0.1) is 7.11 Å². The van der Waals surface area contributed by atoms with E-state index in [4.69, 9.17) is 14.7 Å². The summed E-state index contributed by atoms with van der Waals surface area (Å²) in [6.45, 7) is 1.90. The minimum absolute atomic E-state index is 0.268. The topological polar surface area (TPSA) is 51.1 Å². The van der Waals surface area contributed by atoms with Gasteiger partial charge >= 0.3 is 0 Å². The van der Waals surface area contributed by atoms with E-state index in [1.54, 1.807) is 25.6 Å². The third-order valence-corrected chi connectivity index (χ3v) is 5.70. The van der Waals surface area contributed by atoms with Crippen molar-refractivity contribution in [2.75, 3.05) is 25.1 Å². The molecule has 1 saturated heterocycles. The van der Waals surface area contributed by atoms with Crippen LogP contribution in [-0.4, -0.2) is 35.2 Å². The number of halogens is 1. The zero-order chi connectivity index (χ0) is 21.2. The Bertz CT molecular complexity index is 1220. The second-order valence-electron chi connectivity index (χ2n) is 7.75. The van der Waals surface area contributed by atoms with Crippen LogP contribution in [0.3, 0.4) is 0 Å². The van der Waals surface area contributed by atoms with E-state index < -0.39 is 0 Å². The van der Waals surface area contributed by atoms with Crippen molar-refractivity contribution in [1.82, 2.24) is 15.0 Å². The number of rotatable bonds is 4. The van der Waals surface area contributed by atoms with Gasteiger partial charge in [-0.2, -0.15) is 0 Å². The number of benzene rings is 2. The molecule has 2 aromatic carbocycles. The smallest absolute Gasteiger partial charge is 0.163 e. The van der Waals surface area contributed by atoms with Crippen LogP contribution in [0.4, 0.5) is 10.2 Å². The molecule has 5 rings (SSSR count). The molecule has 0 aliphatic carbocycles. The lowest BCUT2D eigenvalue weighted by molar-refractivity contribution is 0.419. The molecule has 0 spiro atoms. The molecule has 0 radical (unpaired) electrons. The molecule has 5 nitrogen and oxygen atoms in total. The predicted octanol–water partition coefficient (Wildman–Crippen LogP) is 5.50. The Morgan fingerprint density at radius 3 is 2.48 bits per heavy atom. The third kappa shape index (κ3) is 3.81. The van der Waals surface area contributed by atoms with Crippen LogP contribution in [0.2, 0.25) is 0 Å². The molecule has 3 heterocycles. The summed E-state index contributed by atoms with van der Waals surface area (Å²) >= 11 is 0. The SMILES string of the molecule is COc1cc(-c2cccc(F)c2)cc2c(N3CCCCC3)nc(-c3cccnc3)nc12. The summed E-state index contributed by atoms with van der Waals surface area (Å²) < 4.78 is 19.6. The van der Waals surface area contributed by atoms with E-state index in [0.29, 0.717) is 11.6 Å². The van der Waals surface area contributed by atoms with Gasteiger partial charge in [0.1, 0.15) is 22.9 Å². The van der Waals surface area contributed by atoms with Gasteiger partial charge in [0.15, 0.2) is 5.82 Å². The van der Waals surface area contributed by atoms with Gasteiger partial charge in [0, 0.05) is 36.4 Å². The summed E-state index contributed by atoms with van der Waals surface area (Å²) in [5.41, 5.74) is 3.27. The van der Waals surface area contributed by atoms with Gasteiger partial charge in [-0.05, 0) is 66.8 Å². The monoisotopic (exact) mass is 414 g/mol. The standard InChI is InChI=1S/C25H23FN4O/c1-31-22-15-19(17-7-5-9-20(26)13-17)14-21-23(22)28-24(18-8-6-10-27-16-18)29-25(21)30-11-3-2-4-12-30/h5-10,13-16H,2-4,11-12H2,1H3. The number of methoxy groups -OCH3 is 1. The average molecular weight is 414 g/mol. The molecule has 1 aliphatic rings. The van der Waals surface area contributed by atoms with Crippen LogP contribution >= 0.6 is 0 Å². The van der Waals surface area contributed by atoms with Crippen LogP contribution in [-0.2, 0) is 0 Å². The van der Waals surface area contributed by atoms with Crippen LogP contribution in [0.5, 0.6) is 5.75 Å². The Balaban J connectivity index is 1.77. The van der Waals surface area contributed by atoms with Crippen LogP contribution in [0.25, 0.3) is 33.4 Å². The van der Waals surface area contributed by atoms with Crippen molar-refractivity contribution in [2.24, 2.45) is 0 Å². The van der Waals surface area contributed by atoms with Crippen molar-refractivity contribution in [3.8, 4) is 28.3 Å². The maximum absolute atomic E-state index is 13.9. The molecule has 0 atom stereocenters. The van der Waals surface area contributed by atoms with Gasteiger partial charge in [-0.15, -0.1) is 0 Å². The van der Waals surface area contributed by atoms with Gasteiger partial charge in [0.25, 0.3) is 0 Å². The van der Waals surface area contributed by atoms with Crippen LogP contribution in [0.15, 0.2) is 60.9 Å². The Morgan fingerprint density at radius 2 is 1.74 bits per heavy atom. The number of nitrogens with zero attached hydrogens (tertiary/aromatic N) is 4. The summed E-state index contributed by atoms with van der Waals surface area (Å²) in [6, 6.07) is 14.4. The van der Waals surface area contributed by atoms with Gasteiger partial charge in [-0.1, -0.05) is 12.1 Å². The van der Waals surface area contributed by atoms with E-state index in [1.807, 2.05) is 30.3 Å². The molecular formula is C25H23FN4O. The fourth-order valence-corrected chi connectivity index (χ4v) is 4.15. The first kappa shape index (κ1) is 19.4. The highest BCUT2D eigenvalue weighted by atomic mass is 19.1. The summed E-state index contributed by atoms with van der Waals surface area (Å²) in [5.74, 6) is 1.89. The van der Waals surface area contributed by atoms with Gasteiger partial charge < -0.3 is 9.64 Å². The Kier molecular flexibility index (Phi) is 5.20. The van der Waals surface area contributed by atoms with Crippen LogP contribution in [0, 0.1) is 5.82 Å². The van der Waals surface area contributed by atoms with Crippen molar-refractivity contribution in [3.63, 3.8) is 0 Å². The lowest BCUT2D eigenvalue weighted by Gasteiger charge is -2.29. The molecule has 0 amide bonds. The largest absolute Gasteiger partial charge is 0.494 e. The first-order valence-corrected chi connectivity index (χ1v) is 10.5. The maximum atomic E-state index is 13.9. The molecule has 6 heteroatoms. The minimum Gasteiger partial charge on any atom is -0.494 e. The number of anilines is 1. The first-order chi connectivity index (χ1) is 15.2. The Morgan fingerprint density at radius 1 is 0.903 bits per heavy atom. The number of ether oxygens (including phenoxy) is 1. The van der Waals surface area contributed by atoms with E-state index in [9.17, 15) is 4.39 Å². The lowest BCUT2D eigenvalue weighted by atomic mass is 10.0. The van der Waals surface area contributed by atoms with Crippen molar-refractivity contribution in [2.45, 2.75) is 19.3 Å². The highest BCUT2D eigenvalue weighted by Gasteiger charge is 2.21. The van der Waals surface area contributed by atoms with Gasteiger partial charge in [-0.25, -0.2) is 14.4 Å². The number of hydrogen-bond donors (Lipinski definition) is 0. The summed E-state index contributed by atoms with van der Waals surface area (Å²) in [6.07, 6.45) is 7.01. The van der Waals surface area contributed by atoms with Crippen LogP contribution < -0.4 is 9.64 Å². The van der Waals surface area contributed by atoms with E-state index in [0.717, 1.165) is 59.3 Å². The van der Waals surface area contributed by atoms with Crippen molar-refractivity contribution in [3.05, 3.63) is 66.7 Å². The molecule has 0 saturated carbocycles. The minimum atomic E-state index is -0.268. The quantitative estimate of drug-likeness (QED) is 0.442. The van der Waals surface area contributed by atoms with E-state index >= 15 is 0 Å². The molecule has 0 bridgehead atoms. The molecule has 31 heavy (non-hydrogen) atoms. The predicted molar refractivity (Wildman–Crippen MR) is 121 cm³/mol. The van der Waals surface area contributed by atoms with E-state index in [1.165, 1.54) is 18.6 Å². The van der Waals surface area contributed by atoms with E-state index in [-0.39, 0.29) is 5.82 Å². The molecule has 1 fully saturated rings. The van der Waals surface area contributed by atoms with Crippen LogP contribution in [0.1, 0.15) is 19.3 Å². The Labute approximate surface area is 180 Å². The van der Waals surface area contributed by atoms with Gasteiger partial charge in [-0.3, -0.25) is 4.98 Å². The summed E-state index contributed by atoms with van der Waals surface area (Å²) in [4.78, 5) is 16.4. The molecule has 1 aliphatic heterocycles. The molecule has 156 valence electrons. The number of fused-ring (bicyclic) bond motifs is 1. The number of hydrogen-bond acceptors (Lipinski definition) is 5. The second kappa shape index (κ2) is 8.30. The molecule has 4 aromatic rings. The molecule has 2 aromatic heterocycles. The number of piperidine rings is 1. The highest BCUT2D eigenvalue weighted by molar-refractivity contribution is 5.98. The highest BCUT2D eigenvalue weighted by Crippen LogP contribution is 2.37. The third-order valence-electron chi connectivity index (χ3n) is 5.70. The van der Waals surface area contributed by atoms with E-state index in [2.05, 4.69) is 9.88 Å². The zero-order valence-electron chi connectivity index (χ0n) is 17.4. The molecule has 0 unspecified atom stereocenters. The number of aromatic nitrogens is 3. The molecule has 0 N–H and O–H groups in total. The fraction of sp³-hybridized carbons (Fsp3) is 0.240. The zero-order valence-corrected chi connectivity index (χ0v) is 17.4. The van der Waals surface area contributed by atoms with Gasteiger partial charge in [0.2, 0.25) is 0 Å². The summed E-state index contributed by atoms with van der Waals surface area (Å²) in [5, 5.41) is 0.910. The summed E-state index contributed by atoms with van der Waals surface area (Å²) in [7, 11) is 1.64. The average Bonchev–Trinajstić information content (AvgIpc) is 2.83. The normalized spacial score (nSPS) is 14.1. The maximum Gasteiger partial charge on any atom is 0.163 e. The lowest BCUT2D eigenvalue weighted by Crippen LogP contribution is -2.30. The molecular weight excluding hydrogens is 391 g/mol. The fourth-order valence-electron chi connectivity index (χ4n) is 4.15. The van der Waals surface area contributed by atoms with Crippen molar-refractivity contribution in [1.29, 1.82) is 0 Å². The second-order valence-corrected chi connectivity index (χ2v) is 7.75. The number of pyridine rings is 1. The van der Waals surface area contributed by atoms with Crippen molar-refractivity contribution >= 4 is 16.7 Å².